The van der Waals surface area contributed by atoms with E-state index in [0.29, 0.717) is 17.2 Å². The Balaban J connectivity index is 1.67. The molecule has 1 aromatic carbocycles. The zero-order valence-electron chi connectivity index (χ0n) is 14.8. The average molecular weight is 372 g/mol. The molecule has 2 N–H and O–H groups in total. The fourth-order valence-electron chi connectivity index (χ4n) is 1.96. The van der Waals surface area contributed by atoms with Crippen LogP contribution in [0.25, 0.3) is 6.08 Å². The number of benzene rings is 1. The van der Waals surface area contributed by atoms with Crippen LogP contribution in [0.2, 0.25) is 0 Å². The Labute approximate surface area is 156 Å². The Hall–Kier alpha value is -3.55. The van der Waals surface area contributed by atoms with Crippen LogP contribution in [0.3, 0.4) is 0 Å². The zero-order chi connectivity index (χ0) is 19.5. The third-order valence-corrected chi connectivity index (χ3v) is 3.32. The van der Waals surface area contributed by atoms with Gasteiger partial charge in [-0.05, 0) is 42.5 Å². The van der Waals surface area contributed by atoms with Crippen LogP contribution in [0.1, 0.15) is 12.2 Å². The minimum absolute atomic E-state index is 0.126. The summed E-state index contributed by atoms with van der Waals surface area (Å²) in [7, 11) is 1.28. The van der Waals surface area contributed by atoms with Gasteiger partial charge in [-0.25, -0.2) is 4.79 Å². The standard InChI is InChI=1S/C19H20N2O6/c1-25-19(24)13-27-16-6-4-14(5-7-16)21-18(23)10-11-20-17(22)9-8-15-3-2-12-26-15/h2-9,12H,10-11,13H2,1H3,(H,20,22)(H,21,23). The lowest BCUT2D eigenvalue weighted by molar-refractivity contribution is -0.142. The van der Waals surface area contributed by atoms with Crippen LogP contribution in [-0.2, 0) is 19.1 Å². The molecule has 0 saturated heterocycles. The van der Waals surface area contributed by atoms with Crippen LogP contribution >= 0.6 is 0 Å². The first-order valence-corrected chi connectivity index (χ1v) is 8.16. The van der Waals surface area contributed by atoms with Crippen LogP contribution in [0.5, 0.6) is 5.75 Å². The van der Waals surface area contributed by atoms with Gasteiger partial charge in [0.15, 0.2) is 6.61 Å². The first kappa shape index (κ1) is 19.8. The van der Waals surface area contributed by atoms with Crippen molar-refractivity contribution in [2.45, 2.75) is 6.42 Å². The number of anilines is 1. The third-order valence-electron chi connectivity index (χ3n) is 3.32. The summed E-state index contributed by atoms with van der Waals surface area (Å²) in [6.07, 6.45) is 4.52. The molecule has 0 bridgehead atoms. The van der Waals surface area contributed by atoms with Gasteiger partial charge in [0.25, 0.3) is 0 Å². The van der Waals surface area contributed by atoms with E-state index in [1.54, 1.807) is 42.5 Å². The van der Waals surface area contributed by atoms with Gasteiger partial charge >= 0.3 is 5.97 Å². The number of carbonyl (C=O) groups is 3. The fourth-order valence-corrected chi connectivity index (χ4v) is 1.96. The molecule has 1 heterocycles. The molecule has 0 aliphatic heterocycles. The zero-order valence-corrected chi connectivity index (χ0v) is 14.8. The van der Waals surface area contributed by atoms with Gasteiger partial charge in [-0.15, -0.1) is 0 Å². The van der Waals surface area contributed by atoms with Gasteiger partial charge in [0.2, 0.25) is 11.8 Å². The van der Waals surface area contributed by atoms with E-state index in [-0.39, 0.29) is 31.4 Å². The number of rotatable bonds is 9. The van der Waals surface area contributed by atoms with Crippen molar-refractivity contribution in [1.29, 1.82) is 0 Å². The van der Waals surface area contributed by atoms with Crippen molar-refractivity contribution in [3.63, 3.8) is 0 Å². The van der Waals surface area contributed by atoms with E-state index in [1.807, 2.05) is 0 Å². The van der Waals surface area contributed by atoms with Crippen LogP contribution in [0, 0.1) is 0 Å². The van der Waals surface area contributed by atoms with Crippen LogP contribution in [0.15, 0.2) is 53.2 Å². The molecule has 8 heteroatoms. The Morgan fingerprint density at radius 2 is 1.93 bits per heavy atom. The van der Waals surface area contributed by atoms with E-state index in [4.69, 9.17) is 9.15 Å². The van der Waals surface area contributed by atoms with Crippen molar-refractivity contribution < 1.29 is 28.3 Å². The highest BCUT2D eigenvalue weighted by atomic mass is 16.6. The molecule has 0 fully saturated rings. The van der Waals surface area contributed by atoms with E-state index in [9.17, 15) is 14.4 Å². The van der Waals surface area contributed by atoms with Crippen LogP contribution in [0.4, 0.5) is 5.69 Å². The molecule has 1 aromatic heterocycles. The van der Waals surface area contributed by atoms with Gasteiger partial charge < -0.3 is 24.5 Å². The highest BCUT2D eigenvalue weighted by Gasteiger charge is 2.05. The minimum atomic E-state index is -0.478. The van der Waals surface area contributed by atoms with Crippen LogP contribution < -0.4 is 15.4 Å². The Kier molecular flexibility index (Phi) is 7.65. The Bertz CT molecular complexity index is 781. The molecule has 8 nitrogen and oxygen atoms in total. The van der Waals surface area contributed by atoms with Crippen molar-refractivity contribution in [2.24, 2.45) is 0 Å². The molecule has 2 aromatic rings. The summed E-state index contributed by atoms with van der Waals surface area (Å²) in [5, 5.41) is 5.31. The van der Waals surface area contributed by atoms with Crippen molar-refractivity contribution >= 4 is 29.5 Å². The molecule has 0 spiro atoms. The van der Waals surface area contributed by atoms with E-state index in [1.165, 1.54) is 19.4 Å². The summed E-state index contributed by atoms with van der Waals surface area (Å²) in [6.45, 7) is 0.0176. The molecule has 0 radical (unpaired) electrons. The molecule has 0 saturated carbocycles. The summed E-state index contributed by atoms with van der Waals surface area (Å²) < 4.78 is 14.8. The summed E-state index contributed by atoms with van der Waals surface area (Å²) in [4.78, 5) is 34.5. The minimum Gasteiger partial charge on any atom is -0.482 e. The number of nitrogens with one attached hydrogen (secondary N) is 2. The maximum Gasteiger partial charge on any atom is 0.343 e. The van der Waals surface area contributed by atoms with Gasteiger partial charge in [-0.2, -0.15) is 0 Å². The maximum atomic E-state index is 11.9. The number of methoxy groups -OCH3 is 1. The van der Waals surface area contributed by atoms with Crippen LogP contribution in [-0.4, -0.2) is 38.0 Å². The van der Waals surface area contributed by atoms with Crippen molar-refractivity contribution in [1.82, 2.24) is 5.32 Å². The molecule has 0 atom stereocenters. The average Bonchev–Trinajstić information content (AvgIpc) is 3.19. The summed E-state index contributed by atoms with van der Waals surface area (Å²) in [5.41, 5.74) is 0.578. The molecule has 0 aliphatic rings. The molecule has 0 aliphatic carbocycles. The van der Waals surface area contributed by atoms with Crippen molar-refractivity contribution in [3.05, 3.63) is 54.5 Å². The largest absolute Gasteiger partial charge is 0.482 e. The molecule has 27 heavy (non-hydrogen) atoms. The number of hydrogen-bond acceptors (Lipinski definition) is 6. The highest BCUT2D eigenvalue weighted by molar-refractivity contribution is 5.93. The smallest absolute Gasteiger partial charge is 0.343 e. The Morgan fingerprint density at radius 3 is 2.59 bits per heavy atom. The maximum absolute atomic E-state index is 11.9. The van der Waals surface area contributed by atoms with Gasteiger partial charge in [0, 0.05) is 24.7 Å². The van der Waals surface area contributed by atoms with Crippen molar-refractivity contribution in [2.75, 3.05) is 25.6 Å². The monoisotopic (exact) mass is 372 g/mol. The first-order chi connectivity index (χ1) is 13.1. The number of amides is 2. The second-order valence-electron chi connectivity index (χ2n) is 5.33. The number of esters is 1. The first-order valence-electron chi connectivity index (χ1n) is 8.16. The van der Waals surface area contributed by atoms with Gasteiger partial charge in [-0.3, -0.25) is 9.59 Å². The number of ether oxygens (including phenoxy) is 2. The van der Waals surface area contributed by atoms with E-state index < -0.39 is 5.97 Å². The SMILES string of the molecule is COC(=O)COc1ccc(NC(=O)CCNC(=O)C=Cc2ccco2)cc1. The van der Waals surface area contributed by atoms with Gasteiger partial charge in [0.1, 0.15) is 11.5 Å². The lowest BCUT2D eigenvalue weighted by atomic mass is 10.3. The fraction of sp³-hybridized carbons (Fsp3) is 0.211. The molecular formula is C19H20N2O6. The Morgan fingerprint density at radius 1 is 1.15 bits per heavy atom. The predicted octanol–water partition coefficient (Wildman–Crippen LogP) is 1.99. The third kappa shape index (κ3) is 7.47. The number of furan rings is 1. The normalized spacial score (nSPS) is 10.4. The van der Waals surface area contributed by atoms with E-state index in [0.717, 1.165) is 0 Å². The highest BCUT2D eigenvalue weighted by Crippen LogP contribution is 2.15. The second-order valence-corrected chi connectivity index (χ2v) is 5.33. The quantitative estimate of drug-likeness (QED) is 0.515. The van der Waals surface area contributed by atoms with E-state index in [2.05, 4.69) is 15.4 Å². The molecule has 2 rings (SSSR count). The predicted molar refractivity (Wildman–Crippen MR) is 98.0 cm³/mol. The second kappa shape index (κ2) is 10.4. The molecule has 2 amide bonds. The summed E-state index contributed by atoms with van der Waals surface area (Å²) >= 11 is 0. The summed E-state index contributed by atoms with van der Waals surface area (Å²) in [5.74, 6) is 0.0178. The molecule has 142 valence electrons. The number of hydrogen-bond donors (Lipinski definition) is 2. The molecule has 0 unspecified atom stereocenters. The van der Waals surface area contributed by atoms with Gasteiger partial charge in [-0.1, -0.05) is 0 Å². The lowest BCUT2D eigenvalue weighted by Gasteiger charge is -2.08. The topological polar surface area (TPSA) is 107 Å². The van der Waals surface area contributed by atoms with Crippen molar-refractivity contribution in [3.8, 4) is 5.75 Å². The lowest BCUT2D eigenvalue weighted by Crippen LogP contribution is -2.26. The summed E-state index contributed by atoms with van der Waals surface area (Å²) in [6, 6.07) is 9.99. The van der Waals surface area contributed by atoms with Gasteiger partial charge in [0.05, 0.1) is 13.4 Å². The molecular weight excluding hydrogens is 352 g/mol. The van der Waals surface area contributed by atoms with E-state index >= 15 is 0 Å². The number of carbonyl (C=O) groups excluding carboxylic acids is 3.